The van der Waals surface area contributed by atoms with Crippen LogP contribution in [0.5, 0.6) is 0 Å². The Morgan fingerprint density at radius 3 is 3.00 bits per heavy atom. The van der Waals surface area contributed by atoms with E-state index in [0.29, 0.717) is 22.7 Å². The van der Waals surface area contributed by atoms with Gasteiger partial charge in [0.25, 0.3) is 0 Å². The van der Waals surface area contributed by atoms with Gasteiger partial charge in [-0.25, -0.2) is 9.97 Å². The van der Waals surface area contributed by atoms with Crippen molar-refractivity contribution in [2.45, 2.75) is 13.8 Å². The van der Waals surface area contributed by atoms with Gasteiger partial charge in [-0.15, -0.1) is 0 Å². The quantitative estimate of drug-likeness (QED) is 0.621. The third kappa shape index (κ3) is 1.30. The second-order valence-corrected chi connectivity index (χ2v) is 2.84. The highest BCUT2D eigenvalue weighted by Crippen LogP contribution is 2.13. The molecule has 2 heterocycles. The molecule has 0 amide bonds. The number of Topliss-reactive ketones (excluding diaryl/α,β-unsaturated/α-hetero) is 1. The molecule has 0 aliphatic carbocycles. The normalized spacial score (nSPS) is 10.6. The van der Waals surface area contributed by atoms with Gasteiger partial charge in [0.15, 0.2) is 11.7 Å². The molecule has 0 saturated heterocycles. The lowest BCUT2D eigenvalue weighted by Gasteiger charge is -1.91. The number of fused-ring (bicyclic) bond motifs is 1. The molecule has 4 nitrogen and oxygen atoms in total. The van der Waals surface area contributed by atoms with E-state index in [9.17, 15) is 4.79 Å². The van der Waals surface area contributed by atoms with Crippen LogP contribution in [0.25, 0.3) is 11.2 Å². The number of aromatic nitrogens is 2. The van der Waals surface area contributed by atoms with Crippen molar-refractivity contribution in [2.75, 3.05) is 0 Å². The molecule has 4 heteroatoms. The van der Waals surface area contributed by atoms with Crippen molar-refractivity contribution in [2.24, 2.45) is 0 Å². The SMILES string of the molecule is CC(=O)c1cnc2oc(C)nc2c1. The van der Waals surface area contributed by atoms with Gasteiger partial charge in [0.2, 0.25) is 5.71 Å². The van der Waals surface area contributed by atoms with Crippen molar-refractivity contribution in [3.63, 3.8) is 0 Å². The number of ketones is 1. The Balaban J connectivity index is 2.67. The maximum Gasteiger partial charge on any atom is 0.246 e. The van der Waals surface area contributed by atoms with E-state index >= 15 is 0 Å². The van der Waals surface area contributed by atoms with Gasteiger partial charge in [-0.1, -0.05) is 0 Å². The van der Waals surface area contributed by atoms with Crippen LogP contribution in [0, 0.1) is 6.92 Å². The lowest BCUT2D eigenvalue weighted by atomic mass is 10.2. The highest BCUT2D eigenvalue weighted by molar-refractivity contribution is 5.95. The molecule has 0 radical (unpaired) electrons. The van der Waals surface area contributed by atoms with Crippen LogP contribution in [0.3, 0.4) is 0 Å². The highest BCUT2D eigenvalue weighted by atomic mass is 16.4. The predicted molar refractivity (Wildman–Crippen MR) is 46.5 cm³/mol. The first-order valence-corrected chi connectivity index (χ1v) is 3.91. The molecular weight excluding hydrogens is 168 g/mol. The molecular formula is C9H8N2O2. The Bertz CT molecular complexity index is 473. The fraction of sp³-hybridized carbons (Fsp3) is 0.222. The van der Waals surface area contributed by atoms with E-state index in [4.69, 9.17) is 4.42 Å². The molecule has 0 spiro atoms. The van der Waals surface area contributed by atoms with Gasteiger partial charge >= 0.3 is 0 Å². The second-order valence-electron chi connectivity index (χ2n) is 2.84. The minimum absolute atomic E-state index is 0.0185. The molecule has 0 atom stereocenters. The fourth-order valence-electron chi connectivity index (χ4n) is 1.12. The number of carbonyl (C=O) groups excluding carboxylic acids is 1. The lowest BCUT2D eigenvalue weighted by molar-refractivity contribution is 0.101. The number of oxazole rings is 1. The summed E-state index contributed by atoms with van der Waals surface area (Å²) in [6, 6.07) is 1.68. The average molecular weight is 176 g/mol. The van der Waals surface area contributed by atoms with Gasteiger partial charge in [-0.2, -0.15) is 0 Å². The van der Waals surface area contributed by atoms with E-state index < -0.39 is 0 Å². The molecule has 2 aromatic rings. The van der Waals surface area contributed by atoms with Crippen molar-refractivity contribution in [3.8, 4) is 0 Å². The van der Waals surface area contributed by atoms with Crippen LogP contribution in [0.15, 0.2) is 16.7 Å². The zero-order chi connectivity index (χ0) is 9.42. The first-order chi connectivity index (χ1) is 6.16. The monoisotopic (exact) mass is 176 g/mol. The maximum atomic E-state index is 11.0. The topological polar surface area (TPSA) is 56.0 Å². The van der Waals surface area contributed by atoms with Crippen LogP contribution in [-0.2, 0) is 0 Å². The first kappa shape index (κ1) is 7.91. The van der Waals surface area contributed by atoms with E-state index in [1.807, 2.05) is 0 Å². The zero-order valence-electron chi connectivity index (χ0n) is 7.37. The van der Waals surface area contributed by atoms with E-state index in [-0.39, 0.29) is 5.78 Å². The smallest absolute Gasteiger partial charge is 0.246 e. The summed E-state index contributed by atoms with van der Waals surface area (Å²) >= 11 is 0. The summed E-state index contributed by atoms with van der Waals surface area (Å²) in [5.74, 6) is 0.540. The number of hydrogen-bond donors (Lipinski definition) is 0. The van der Waals surface area contributed by atoms with E-state index in [1.165, 1.54) is 13.1 Å². The molecule has 0 aromatic carbocycles. The standard InChI is InChI=1S/C9H8N2O2/c1-5(12)7-3-8-9(10-4-7)13-6(2)11-8/h3-4H,1-2H3. The van der Waals surface area contributed by atoms with Crippen LogP contribution >= 0.6 is 0 Å². The van der Waals surface area contributed by atoms with Gasteiger partial charge in [-0.05, 0) is 13.0 Å². The molecule has 0 aliphatic rings. The molecule has 0 N–H and O–H groups in total. The summed E-state index contributed by atoms with van der Waals surface area (Å²) in [7, 11) is 0. The molecule has 0 fully saturated rings. The van der Waals surface area contributed by atoms with Gasteiger partial charge in [0.1, 0.15) is 5.52 Å². The minimum Gasteiger partial charge on any atom is -0.423 e. The number of aryl methyl sites for hydroxylation is 1. The van der Waals surface area contributed by atoms with Crippen molar-refractivity contribution >= 4 is 17.0 Å². The molecule has 66 valence electrons. The summed E-state index contributed by atoms with van der Waals surface area (Å²) in [5, 5.41) is 0. The number of pyridine rings is 1. The van der Waals surface area contributed by atoms with Crippen LogP contribution in [0.2, 0.25) is 0 Å². The number of nitrogens with zero attached hydrogens (tertiary/aromatic N) is 2. The maximum absolute atomic E-state index is 11.0. The van der Waals surface area contributed by atoms with Gasteiger partial charge < -0.3 is 4.42 Å². The van der Waals surface area contributed by atoms with Crippen molar-refractivity contribution < 1.29 is 9.21 Å². The molecule has 0 saturated carbocycles. The van der Waals surface area contributed by atoms with Crippen LogP contribution in [0.4, 0.5) is 0 Å². The summed E-state index contributed by atoms with van der Waals surface area (Å²) in [6.45, 7) is 3.24. The van der Waals surface area contributed by atoms with Gasteiger partial charge in [0, 0.05) is 18.7 Å². The van der Waals surface area contributed by atoms with Crippen LogP contribution in [-0.4, -0.2) is 15.8 Å². The molecule has 2 aromatic heterocycles. The minimum atomic E-state index is -0.0185. The van der Waals surface area contributed by atoms with Crippen LogP contribution < -0.4 is 0 Å². The van der Waals surface area contributed by atoms with Crippen molar-refractivity contribution in [3.05, 3.63) is 23.7 Å². The second kappa shape index (κ2) is 2.65. The molecule has 0 unspecified atom stereocenters. The summed E-state index contributed by atoms with van der Waals surface area (Å²) in [6.07, 6.45) is 1.50. The Labute approximate surface area is 74.6 Å². The first-order valence-electron chi connectivity index (χ1n) is 3.91. The Morgan fingerprint density at radius 2 is 2.31 bits per heavy atom. The van der Waals surface area contributed by atoms with E-state index in [1.54, 1.807) is 13.0 Å². The molecule has 13 heavy (non-hydrogen) atoms. The van der Waals surface area contributed by atoms with Crippen molar-refractivity contribution in [1.29, 1.82) is 0 Å². The largest absolute Gasteiger partial charge is 0.423 e. The summed E-state index contributed by atoms with van der Waals surface area (Å²) in [4.78, 5) is 19.0. The Kier molecular flexibility index (Phi) is 1.62. The Morgan fingerprint density at radius 1 is 1.54 bits per heavy atom. The number of rotatable bonds is 1. The predicted octanol–water partition coefficient (Wildman–Crippen LogP) is 1.73. The average Bonchev–Trinajstić information content (AvgIpc) is 2.42. The molecule has 2 rings (SSSR count). The van der Waals surface area contributed by atoms with Crippen LogP contribution in [0.1, 0.15) is 23.2 Å². The molecule has 0 aliphatic heterocycles. The third-order valence-electron chi connectivity index (χ3n) is 1.76. The zero-order valence-corrected chi connectivity index (χ0v) is 7.37. The highest BCUT2D eigenvalue weighted by Gasteiger charge is 2.06. The van der Waals surface area contributed by atoms with Crippen molar-refractivity contribution in [1.82, 2.24) is 9.97 Å². The molecule has 0 bridgehead atoms. The summed E-state index contributed by atoms with van der Waals surface area (Å²) < 4.78 is 5.17. The third-order valence-corrected chi connectivity index (χ3v) is 1.76. The lowest BCUT2D eigenvalue weighted by Crippen LogP contribution is -1.92. The van der Waals surface area contributed by atoms with Gasteiger partial charge in [-0.3, -0.25) is 4.79 Å². The van der Waals surface area contributed by atoms with Gasteiger partial charge in [0.05, 0.1) is 0 Å². The fourth-order valence-corrected chi connectivity index (χ4v) is 1.12. The summed E-state index contributed by atoms with van der Waals surface area (Å²) in [5.41, 5.74) is 1.66. The van der Waals surface area contributed by atoms with E-state index in [0.717, 1.165) is 0 Å². The number of hydrogen-bond acceptors (Lipinski definition) is 4. The van der Waals surface area contributed by atoms with E-state index in [2.05, 4.69) is 9.97 Å². The Hall–Kier alpha value is -1.71. The number of carbonyl (C=O) groups is 1.